The molecule has 2 aromatic rings. The highest BCUT2D eigenvalue weighted by Crippen LogP contribution is 2.43. The number of benzene rings is 1. The van der Waals surface area contributed by atoms with Crippen LogP contribution in [0.2, 0.25) is 0 Å². The second-order valence-corrected chi connectivity index (χ2v) is 6.83. The number of nitrogens with zero attached hydrogens (tertiary/aromatic N) is 3. The third-order valence-corrected chi connectivity index (χ3v) is 5.01. The SMILES string of the molecule is O=C([O-])CSc1nnc2c(n1)OC1(CCCC1)Nc1ccccc1-2. The van der Waals surface area contributed by atoms with Crippen molar-refractivity contribution in [1.29, 1.82) is 0 Å². The molecule has 0 bridgehead atoms. The molecule has 0 amide bonds. The number of carboxylic acid groups (broad SMARTS) is 1. The van der Waals surface area contributed by atoms with Crippen LogP contribution in [0.5, 0.6) is 5.88 Å². The summed E-state index contributed by atoms with van der Waals surface area (Å²) in [6, 6.07) is 7.83. The second kappa shape index (κ2) is 5.94. The van der Waals surface area contributed by atoms with Gasteiger partial charge in [-0.15, -0.1) is 10.2 Å². The van der Waals surface area contributed by atoms with E-state index in [-0.39, 0.29) is 10.9 Å². The average molecular weight is 343 g/mol. The monoisotopic (exact) mass is 343 g/mol. The second-order valence-electron chi connectivity index (χ2n) is 5.88. The van der Waals surface area contributed by atoms with E-state index < -0.39 is 11.7 Å². The maximum atomic E-state index is 10.6. The van der Waals surface area contributed by atoms with Crippen molar-refractivity contribution in [3.8, 4) is 17.1 Å². The summed E-state index contributed by atoms with van der Waals surface area (Å²) in [5.41, 5.74) is 1.91. The van der Waals surface area contributed by atoms with Gasteiger partial charge < -0.3 is 20.0 Å². The van der Waals surface area contributed by atoms with Gasteiger partial charge in [-0.2, -0.15) is 4.98 Å². The van der Waals surface area contributed by atoms with E-state index in [0.29, 0.717) is 11.6 Å². The van der Waals surface area contributed by atoms with E-state index in [1.54, 1.807) is 0 Å². The fraction of sp³-hybridized carbons (Fsp3) is 0.375. The van der Waals surface area contributed by atoms with Gasteiger partial charge in [0.15, 0.2) is 11.4 Å². The molecule has 0 atom stereocenters. The van der Waals surface area contributed by atoms with Crippen LogP contribution in [0.4, 0.5) is 5.69 Å². The highest BCUT2D eigenvalue weighted by Gasteiger charge is 2.40. The summed E-state index contributed by atoms with van der Waals surface area (Å²) in [7, 11) is 0. The summed E-state index contributed by atoms with van der Waals surface area (Å²) in [6.07, 6.45) is 3.92. The number of aliphatic carboxylic acids is 1. The molecule has 1 aromatic carbocycles. The van der Waals surface area contributed by atoms with Gasteiger partial charge in [0.1, 0.15) is 0 Å². The molecule has 1 N–H and O–H groups in total. The van der Waals surface area contributed by atoms with Crippen molar-refractivity contribution in [2.75, 3.05) is 11.1 Å². The number of aromatic nitrogens is 3. The highest BCUT2D eigenvalue weighted by molar-refractivity contribution is 7.99. The predicted octanol–water partition coefficient (Wildman–Crippen LogP) is 1.46. The number of para-hydroxylation sites is 1. The predicted molar refractivity (Wildman–Crippen MR) is 86.4 cm³/mol. The van der Waals surface area contributed by atoms with E-state index in [2.05, 4.69) is 20.5 Å². The lowest BCUT2D eigenvalue weighted by atomic mass is 10.1. The Labute approximate surface area is 142 Å². The van der Waals surface area contributed by atoms with E-state index in [9.17, 15) is 9.90 Å². The van der Waals surface area contributed by atoms with Gasteiger partial charge in [0.25, 0.3) is 0 Å². The number of thioether (sulfide) groups is 1. The Morgan fingerprint density at radius 3 is 2.88 bits per heavy atom. The van der Waals surface area contributed by atoms with E-state index >= 15 is 0 Å². The van der Waals surface area contributed by atoms with Gasteiger partial charge in [0, 0.05) is 29.8 Å². The molecule has 0 radical (unpaired) electrons. The number of carboxylic acids is 1. The highest BCUT2D eigenvalue weighted by atomic mass is 32.2. The molecule has 7 nitrogen and oxygen atoms in total. The molecule has 2 heterocycles. The minimum atomic E-state index is -1.17. The lowest BCUT2D eigenvalue weighted by Gasteiger charge is -2.30. The lowest BCUT2D eigenvalue weighted by molar-refractivity contribution is -0.301. The number of fused-ring (bicyclic) bond motifs is 3. The van der Waals surface area contributed by atoms with Crippen LogP contribution >= 0.6 is 11.8 Å². The van der Waals surface area contributed by atoms with E-state index in [1.165, 1.54) is 0 Å². The number of hydrogen-bond donors (Lipinski definition) is 1. The van der Waals surface area contributed by atoms with Crippen LogP contribution in [0.3, 0.4) is 0 Å². The van der Waals surface area contributed by atoms with Crippen molar-refractivity contribution >= 4 is 23.4 Å². The zero-order valence-corrected chi connectivity index (χ0v) is 13.6. The largest absolute Gasteiger partial charge is 0.549 e. The molecular weight excluding hydrogens is 328 g/mol. The molecule has 124 valence electrons. The Balaban J connectivity index is 1.78. The standard InChI is InChI=1S/C16H16N4O3S/c21-12(22)9-24-15-17-14-13(19-20-15)10-5-1-2-6-11(10)18-16(23-14)7-3-4-8-16/h1-2,5-6,18H,3-4,7-9H2,(H,21,22)/p-1. The molecule has 1 saturated carbocycles. The minimum absolute atomic E-state index is 0.222. The van der Waals surface area contributed by atoms with Crippen LogP contribution in [0.1, 0.15) is 25.7 Å². The molecule has 1 fully saturated rings. The van der Waals surface area contributed by atoms with E-state index in [4.69, 9.17) is 4.74 Å². The summed E-state index contributed by atoms with van der Waals surface area (Å²) < 4.78 is 6.23. The Hall–Kier alpha value is -2.35. The van der Waals surface area contributed by atoms with Crippen molar-refractivity contribution < 1.29 is 14.6 Å². The summed E-state index contributed by atoms with van der Waals surface area (Å²) in [4.78, 5) is 15.0. The number of carbonyl (C=O) groups is 1. The first-order valence-corrected chi connectivity index (χ1v) is 8.78. The number of carbonyl (C=O) groups excluding carboxylic acids is 1. The van der Waals surface area contributed by atoms with Crippen LogP contribution < -0.4 is 15.2 Å². The van der Waals surface area contributed by atoms with Crippen LogP contribution in [0.25, 0.3) is 11.3 Å². The smallest absolute Gasteiger partial charge is 0.247 e. The Morgan fingerprint density at radius 2 is 2.08 bits per heavy atom. The first kappa shape index (κ1) is 15.2. The van der Waals surface area contributed by atoms with Crippen molar-refractivity contribution in [3.63, 3.8) is 0 Å². The third kappa shape index (κ3) is 2.77. The van der Waals surface area contributed by atoms with Crippen LogP contribution in [0, 0.1) is 0 Å². The molecular formula is C16H15N4O3S-. The van der Waals surface area contributed by atoms with Gasteiger partial charge in [-0.05, 0) is 18.9 Å². The van der Waals surface area contributed by atoms with Crippen molar-refractivity contribution in [1.82, 2.24) is 15.2 Å². The van der Waals surface area contributed by atoms with Gasteiger partial charge >= 0.3 is 0 Å². The lowest BCUT2D eigenvalue weighted by Crippen LogP contribution is -2.41. The van der Waals surface area contributed by atoms with Crippen molar-refractivity contribution in [2.45, 2.75) is 36.6 Å². The maximum Gasteiger partial charge on any atom is 0.247 e. The molecule has 1 aliphatic heterocycles. The number of ether oxygens (including phenoxy) is 1. The first-order valence-electron chi connectivity index (χ1n) is 7.79. The molecule has 4 rings (SSSR count). The van der Waals surface area contributed by atoms with Gasteiger partial charge in [-0.25, -0.2) is 0 Å². The third-order valence-electron chi connectivity index (χ3n) is 4.20. The van der Waals surface area contributed by atoms with Crippen LogP contribution in [-0.2, 0) is 4.79 Å². The quantitative estimate of drug-likeness (QED) is 0.836. The summed E-state index contributed by atoms with van der Waals surface area (Å²) in [5.74, 6) is -0.996. The van der Waals surface area contributed by atoms with Crippen molar-refractivity contribution in [3.05, 3.63) is 24.3 Å². The van der Waals surface area contributed by atoms with Gasteiger partial charge in [-0.3, -0.25) is 0 Å². The molecule has 24 heavy (non-hydrogen) atoms. The molecule has 1 aromatic heterocycles. The van der Waals surface area contributed by atoms with Gasteiger partial charge in [-0.1, -0.05) is 30.0 Å². The summed E-state index contributed by atoms with van der Waals surface area (Å²) in [6.45, 7) is 0. The van der Waals surface area contributed by atoms with E-state index in [0.717, 1.165) is 48.7 Å². The Bertz CT molecular complexity index is 793. The molecule has 0 saturated heterocycles. The average Bonchev–Trinajstić information content (AvgIpc) is 2.96. The Kier molecular flexibility index (Phi) is 3.76. The first-order chi connectivity index (χ1) is 11.7. The topological polar surface area (TPSA) is 100 Å². The van der Waals surface area contributed by atoms with Gasteiger partial charge in [0.2, 0.25) is 11.0 Å². The maximum absolute atomic E-state index is 10.6. The Morgan fingerprint density at radius 1 is 1.29 bits per heavy atom. The molecule has 1 spiro atoms. The number of hydrogen-bond acceptors (Lipinski definition) is 8. The normalized spacial score (nSPS) is 17.3. The van der Waals surface area contributed by atoms with Crippen molar-refractivity contribution in [2.24, 2.45) is 0 Å². The summed E-state index contributed by atoms with van der Waals surface area (Å²) >= 11 is 0.973. The van der Waals surface area contributed by atoms with Crippen LogP contribution in [0.15, 0.2) is 29.4 Å². The summed E-state index contributed by atoms with van der Waals surface area (Å²) in [5, 5.41) is 22.7. The number of anilines is 1. The fourth-order valence-electron chi connectivity index (χ4n) is 3.15. The van der Waals surface area contributed by atoms with Gasteiger partial charge in [0.05, 0.1) is 5.97 Å². The number of rotatable bonds is 3. The molecule has 0 unspecified atom stereocenters. The molecule has 2 aliphatic rings. The molecule has 1 aliphatic carbocycles. The zero-order valence-electron chi connectivity index (χ0n) is 12.8. The zero-order chi connectivity index (χ0) is 16.6. The van der Waals surface area contributed by atoms with E-state index in [1.807, 2.05) is 24.3 Å². The minimum Gasteiger partial charge on any atom is -0.549 e. The molecule has 8 heteroatoms. The number of nitrogens with one attached hydrogen (secondary N) is 1. The van der Waals surface area contributed by atoms with Crippen LogP contribution in [-0.4, -0.2) is 32.6 Å². The fourth-order valence-corrected chi connectivity index (χ4v) is 3.64.